The molecule has 1 aromatic heterocycles. The van der Waals surface area contributed by atoms with Gasteiger partial charge in [0.25, 0.3) is 0 Å². The van der Waals surface area contributed by atoms with Crippen molar-refractivity contribution in [2.75, 3.05) is 0 Å². The fourth-order valence-electron chi connectivity index (χ4n) is 2.48. The van der Waals surface area contributed by atoms with E-state index < -0.39 is 85.6 Å². The van der Waals surface area contributed by atoms with Crippen LogP contribution in [0.4, 0.5) is 43.9 Å². The quantitative estimate of drug-likeness (QED) is 0.251. The lowest BCUT2D eigenvalue weighted by Crippen LogP contribution is -2.08. The lowest BCUT2D eigenvalue weighted by Gasteiger charge is -2.14. The number of nitrogens with zero attached hydrogens (tertiary/aromatic N) is 1. The van der Waals surface area contributed by atoms with E-state index >= 15 is 0 Å². The van der Waals surface area contributed by atoms with E-state index in [0.717, 1.165) is 0 Å². The molecule has 0 fully saturated rings. The molecule has 0 atom stereocenters. The van der Waals surface area contributed by atoms with Gasteiger partial charge < -0.3 is 0 Å². The smallest absolute Gasteiger partial charge is 0.200 e. The number of halogens is 11. The zero-order chi connectivity index (χ0) is 21.8. The molecule has 1 nitrogen and oxygen atoms in total. The lowest BCUT2D eigenvalue weighted by molar-refractivity contribution is 0.380. The Bertz CT molecular complexity index is 1120. The predicted octanol–water partition coefficient (Wildman–Crippen LogP) is 6.46. The third kappa shape index (κ3) is 3.09. The van der Waals surface area contributed by atoms with Crippen LogP contribution in [-0.2, 0) is 0 Å². The van der Waals surface area contributed by atoms with Gasteiger partial charge in [-0.25, -0.2) is 43.9 Å². The molecule has 3 aromatic rings. The SMILES string of the molecule is Fc1c(F)c(F)c(-c2cc(Cl)cnc2-c2c(F)c(F)c(F)c(F)c2F)c(F)c1F. The van der Waals surface area contributed by atoms with Crippen molar-refractivity contribution in [2.45, 2.75) is 0 Å². The minimum Gasteiger partial charge on any atom is -0.254 e. The predicted molar refractivity (Wildman–Crippen MR) is 79.7 cm³/mol. The highest BCUT2D eigenvalue weighted by atomic mass is 35.5. The van der Waals surface area contributed by atoms with Crippen LogP contribution in [0.2, 0.25) is 5.02 Å². The van der Waals surface area contributed by atoms with E-state index in [1.807, 2.05) is 0 Å². The molecule has 3 rings (SSSR count). The van der Waals surface area contributed by atoms with Gasteiger partial charge in [0.15, 0.2) is 46.5 Å². The summed E-state index contributed by atoms with van der Waals surface area (Å²) in [6.45, 7) is 0. The van der Waals surface area contributed by atoms with Crippen molar-refractivity contribution in [2.24, 2.45) is 0 Å². The third-order valence-electron chi connectivity index (χ3n) is 3.78. The molecule has 0 spiro atoms. The van der Waals surface area contributed by atoms with E-state index in [-0.39, 0.29) is 0 Å². The molecule has 29 heavy (non-hydrogen) atoms. The molecule has 0 saturated carbocycles. The van der Waals surface area contributed by atoms with E-state index in [4.69, 9.17) is 11.6 Å². The Kier molecular flexibility index (Phi) is 5.20. The Morgan fingerprint density at radius 3 is 1.28 bits per heavy atom. The van der Waals surface area contributed by atoms with Crippen molar-refractivity contribution in [1.82, 2.24) is 4.98 Å². The van der Waals surface area contributed by atoms with Gasteiger partial charge in [-0.1, -0.05) is 11.6 Å². The number of rotatable bonds is 2. The minimum atomic E-state index is -2.53. The van der Waals surface area contributed by atoms with Crippen LogP contribution < -0.4 is 0 Å². The highest BCUT2D eigenvalue weighted by Gasteiger charge is 2.33. The van der Waals surface area contributed by atoms with Crippen molar-refractivity contribution >= 4 is 11.6 Å². The van der Waals surface area contributed by atoms with Crippen molar-refractivity contribution in [1.29, 1.82) is 0 Å². The molecule has 0 bridgehead atoms. The van der Waals surface area contributed by atoms with Crippen LogP contribution in [0, 0.1) is 58.2 Å². The van der Waals surface area contributed by atoms with Crippen molar-refractivity contribution in [3.63, 3.8) is 0 Å². The number of hydrogen-bond acceptors (Lipinski definition) is 1. The Hall–Kier alpha value is -2.82. The molecule has 152 valence electrons. The zero-order valence-electron chi connectivity index (χ0n) is 13.3. The van der Waals surface area contributed by atoms with Crippen molar-refractivity contribution < 1.29 is 43.9 Å². The molecular weight excluding hydrogens is 444 g/mol. The molecule has 2 aromatic carbocycles. The maximum absolute atomic E-state index is 14.2. The molecule has 0 radical (unpaired) electrons. The van der Waals surface area contributed by atoms with Crippen LogP contribution in [-0.4, -0.2) is 4.98 Å². The largest absolute Gasteiger partial charge is 0.254 e. The third-order valence-corrected chi connectivity index (χ3v) is 3.99. The van der Waals surface area contributed by atoms with Gasteiger partial charge in [0.05, 0.1) is 21.8 Å². The van der Waals surface area contributed by atoms with Crippen LogP contribution in [0.5, 0.6) is 0 Å². The fraction of sp³-hybridized carbons (Fsp3) is 0. The molecule has 0 aliphatic heterocycles. The van der Waals surface area contributed by atoms with Gasteiger partial charge in [-0.15, -0.1) is 0 Å². The van der Waals surface area contributed by atoms with Crippen LogP contribution in [0.15, 0.2) is 12.3 Å². The summed E-state index contributed by atoms with van der Waals surface area (Å²) in [6.07, 6.45) is 0.602. The Morgan fingerprint density at radius 1 is 0.517 bits per heavy atom. The number of aromatic nitrogens is 1. The van der Waals surface area contributed by atoms with Crippen LogP contribution >= 0.6 is 11.6 Å². The van der Waals surface area contributed by atoms with Crippen LogP contribution in [0.3, 0.4) is 0 Å². The van der Waals surface area contributed by atoms with Crippen molar-refractivity contribution in [3.05, 3.63) is 75.5 Å². The highest BCUT2D eigenvalue weighted by Crippen LogP contribution is 2.40. The first-order valence-corrected chi connectivity index (χ1v) is 7.55. The van der Waals surface area contributed by atoms with Gasteiger partial charge >= 0.3 is 0 Å². The van der Waals surface area contributed by atoms with Gasteiger partial charge in [0.1, 0.15) is 0 Å². The lowest BCUT2D eigenvalue weighted by atomic mass is 9.97. The fourth-order valence-corrected chi connectivity index (χ4v) is 2.64. The molecule has 0 saturated heterocycles. The van der Waals surface area contributed by atoms with Gasteiger partial charge in [-0.3, -0.25) is 4.98 Å². The number of pyridine rings is 1. The Labute approximate surface area is 159 Å². The average Bonchev–Trinajstić information content (AvgIpc) is 2.69. The van der Waals surface area contributed by atoms with Crippen LogP contribution in [0.1, 0.15) is 0 Å². The summed E-state index contributed by atoms with van der Waals surface area (Å²) < 4.78 is 137. The molecule has 0 unspecified atom stereocenters. The summed E-state index contributed by atoms with van der Waals surface area (Å²) in [6, 6.07) is 0.486. The van der Waals surface area contributed by atoms with E-state index in [9.17, 15) is 43.9 Å². The minimum absolute atomic E-state index is 0.486. The average molecular weight is 446 g/mol. The molecular formula is C17H2ClF10N. The summed E-state index contributed by atoms with van der Waals surface area (Å²) in [4.78, 5) is 3.28. The Balaban J connectivity index is 2.50. The van der Waals surface area contributed by atoms with Crippen molar-refractivity contribution in [3.8, 4) is 22.4 Å². The summed E-state index contributed by atoms with van der Waals surface area (Å²) >= 11 is 5.57. The van der Waals surface area contributed by atoms with E-state index in [1.165, 1.54) is 0 Å². The second kappa shape index (κ2) is 7.21. The van der Waals surface area contributed by atoms with Gasteiger partial charge in [-0.05, 0) is 6.07 Å². The molecule has 0 aliphatic carbocycles. The topological polar surface area (TPSA) is 12.9 Å². The molecule has 0 aliphatic rings. The molecule has 0 N–H and O–H groups in total. The maximum atomic E-state index is 14.2. The first-order chi connectivity index (χ1) is 13.5. The summed E-state index contributed by atoms with van der Waals surface area (Å²) in [5.41, 5.74) is -5.98. The Morgan fingerprint density at radius 2 is 0.862 bits per heavy atom. The van der Waals surface area contributed by atoms with E-state index in [0.29, 0.717) is 12.3 Å². The standard InChI is InChI=1S/C17H2ClF10N/c18-3-1-4(5-7(19)11(23)15(27)12(24)8(5)20)17(29-2-3)6-9(21)13(25)16(28)14(26)10(6)22/h1-2H. The maximum Gasteiger partial charge on any atom is 0.200 e. The van der Waals surface area contributed by atoms with Gasteiger partial charge in [0.2, 0.25) is 11.6 Å². The molecule has 12 heteroatoms. The zero-order valence-corrected chi connectivity index (χ0v) is 14.0. The second-order valence-electron chi connectivity index (χ2n) is 5.44. The second-order valence-corrected chi connectivity index (χ2v) is 5.88. The summed E-state index contributed by atoms with van der Waals surface area (Å²) in [5, 5.41) is -0.503. The first-order valence-electron chi connectivity index (χ1n) is 7.18. The first kappa shape index (κ1) is 20.9. The summed E-state index contributed by atoms with van der Waals surface area (Å²) in [7, 11) is 0. The normalized spacial score (nSPS) is 11.3. The van der Waals surface area contributed by atoms with Gasteiger partial charge in [0, 0.05) is 11.8 Å². The van der Waals surface area contributed by atoms with E-state index in [2.05, 4.69) is 4.98 Å². The number of benzene rings is 2. The number of hydrogen-bond donors (Lipinski definition) is 0. The monoisotopic (exact) mass is 445 g/mol. The highest BCUT2D eigenvalue weighted by molar-refractivity contribution is 6.30. The van der Waals surface area contributed by atoms with Gasteiger partial charge in [-0.2, -0.15) is 0 Å². The summed E-state index contributed by atoms with van der Waals surface area (Å²) in [5.74, 6) is -24.5. The van der Waals surface area contributed by atoms with Crippen LogP contribution in [0.25, 0.3) is 22.4 Å². The van der Waals surface area contributed by atoms with E-state index in [1.54, 1.807) is 0 Å². The molecule has 0 amide bonds. The molecule has 1 heterocycles.